The van der Waals surface area contributed by atoms with Crippen LogP contribution in [0, 0.1) is 17.1 Å². The zero-order valence-electron chi connectivity index (χ0n) is 18.7. The predicted octanol–water partition coefficient (Wildman–Crippen LogP) is 4.80. The van der Waals surface area contributed by atoms with Gasteiger partial charge in [-0.2, -0.15) is 36.6 Å². The van der Waals surface area contributed by atoms with E-state index < -0.39 is 54.2 Å². The van der Waals surface area contributed by atoms with Gasteiger partial charge in [0, 0.05) is 35.7 Å². The summed E-state index contributed by atoms with van der Waals surface area (Å²) < 4.78 is 91.4. The molecule has 0 radical (unpaired) electrons. The minimum Gasteiger partial charge on any atom is -0.340 e. The molecule has 2 rings (SSSR count). The molecule has 0 spiro atoms. The summed E-state index contributed by atoms with van der Waals surface area (Å²) in [6, 6.07) is 5.69. The van der Waals surface area contributed by atoms with Gasteiger partial charge in [0.25, 0.3) is 5.91 Å². The number of nitriles is 1. The molecule has 200 valence electrons. The molecule has 15 heteroatoms. The molecule has 0 bridgehead atoms. The smallest absolute Gasteiger partial charge is 0.340 e. The van der Waals surface area contributed by atoms with Gasteiger partial charge in [-0.05, 0) is 42.5 Å². The molecule has 0 aliphatic rings. The number of anilines is 1. The van der Waals surface area contributed by atoms with Crippen LogP contribution in [0.4, 0.5) is 36.4 Å². The Morgan fingerprint density at radius 3 is 2.30 bits per heavy atom. The maximum atomic E-state index is 13.8. The largest absolute Gasteiger partial charge is 0.416 e. The number of halogens is 8. The highest BCUT2D eigenvalue weighted by atomic mass is 35.5. The molecule has 2 unspecified atom stereocenters. The van der Waals surface area contributed by atoms with Crippen LogP contribution in [-0.2, 0) is 6.18 Å². The molecule has 0 aromatic heterocycles. The fourth-order valence-electron chi connectivity index (χ4n) is 2.88. The van der Waals surface area contributed by atoms with Crippen LogP contribution in [-0.4, -0.2) is 36.8 Å². The standard InChI is InChI=1S/C22H20ClF7N6O/c23-14-8-15(24)10-16(9-14)34-20(35-18(33-7-1-6-31)11-17(32)22(28,29)30)36-19(37)12-2-4-13(5-3-12)21(25,26)27/h2-5,8-10,17-18,33H,1,7,11,32H2,(H2,34,35,36,37). The van der Waals surface area contributed by atoms with Gasteiger partial charge in [0.15, 0.2) is 0 Å². The number of amides is 1. The number of alkyl halides is 6. The Morgan fingerprint density at radius 2 is 1.76 bits per heavy atom. The lowest BCUT2D eigenvalue weighted by molar-refractivity contribution is -0.150. The minimum atomic E-state index is -4.77. The van der Waals surface area contributed by atoms with Gasteiger partial charge in [0.1, 0.15) is 11.9 Å². The molecule has 0 aliphatic carbocycles. The quantitative estimate of drug-likeness (QED) is 0.123. The highest BCUT2D eigenvalue weighted by Crippen LogP contribution is 2.29. The van der Waals surface area contributed by atoms with Crippen molar-refractivity contribution in [3.63, 3.8) is 0 Å². The number of benzene rings is 2. The number of nitrogens with two attached hydrogens (primary N) is 1. The van der Waals surface area contributed by atoms with Gasteiger partial charge in [0.05, 0.1) is 17.8 Å². The van der Waals surface area contributed by atoms with Crippen molar-refractivity contribution in [1.29, 1.82) is 5.26 Å². The van der Waals surface area contributed by atoms with Crippen LogP contribution in [0.5, 0.6) is 0 Å². The molecule has 7 nitrogen and oxygen atoms in total. The van der Waals surface area contributed by atoms with Crippen molar-refractivity contribution in [2.75, 3.05) is 11.9 Å². The van der Waals surface area contributed by atoms with E-state index in [0.29, 0.717) is 12.1 Å². The van der Waals surface area contributed by atoms with Crippen molar-refractivity contribution in [2.45, 2.75) is 37.4 Å². The Morgan fingerprint density at radius 1 is 1.11 bits per heavy atom. The molecule has 0 saturated carbocycles. The van der Waals surface area contributed by atoms with Crippen molar-refractivity contribution in [2.24, 2.45) is 10.7 Å². The first-order valence-corrected chi connectivity index (χ1v) is 10.8. The van der Waals surface area contributed by atoms with E-state index in [4.69, 9.17) is 22.6 Å². The van der Waals surface area contributed by atoms with Crippen LogP contribution < -0.4 is 21.7 Å². The monoisotopic (exact) mass is 552 g/mol. The number of hydrogen-bond donors (Lipinski definition) is 4. The van der Waals surface area contributed by atoms with Crippen LogP contribution >= 0.6 is 11.6 Å². The first kappa shape index (κ1) is 29.8. The number of carbonyl (C=O) groups excluding carboxylic acids is 1. The topological polar surface area (TPSA) is 115 Å². The molecule has 2 aromatic rings. The third-order valence-electron chi connectivity index (χ3n) is 4.65. The molecule has 0 aliphatic heterocycles. The fourth-order valence-corrected chi connectivity index (χ4v) is 3.10. The summed E-state index contributed by atoms with van der Waals surface area (Å²) in [4.78, 5) is 16.4. The molecular formula is C22H20ClF7N6O. The lowest BCUT2D eigenvalue weighted by atomic mass is 10.1. The summed E-state index contributed by atoms with van der Waals surface area (Å²) in [6.45, 7) is -0.0648. The van der Waals surface area contributed by atoms with E-state index in [2.05, 4.69) is 20.9 Å². The van der Waals surface area contributed by atoms with E-state index in [9.17, 15) is 35.5 Å². The second-order valence-corrected chi connectivity index (χ2v) is 8.00. The van der Waals surface area contributed by atoms with E-state index in [-0.39, 0.29) is 29.2 Å². The van der Waals surface area contributed by atoms with E-state index in [1.54, 1.807) is 6.07 Å². The first-order chi connectivity index (χ1) is 17.2. The molecule has 0 saturated heterocycles. The van der Waals surface area contributed by atoms with Gasteiger partial charge in [-0.1, -0.05) is 11.6 Å². The first-order valence-electron chi connectivity index (χ1n) is 10.4. The van der Waals surface area contributed by atoms with Gasteiger partial charge in [-0.15, -0.1) is 0 Å². The lowest BCUT2D eigenvalue weighted by Crippen LogP contribution is -2.53. The number of nitrogens with one attached hydrogen (secondary N) is 3. The summed E-state index contributed by atoms with van der Waals surface area (Å²) in [6.07, 6.45) is -11.6. The van der Waals surface area contributed by atoms with Gasteiger partial charge < -0.3 is 16.4 Å². The van der Waals surface area contributed by atoms with Crippen molar-refractivity contribution < 1.29 is 35.5 Å². The molecule has 2 aromatic carbocycles. The number of aliphatic imine (C=N–C) groups is 1. The maximum absolute atomic E-state index is 13.8. The minimum absolute atomic E-state index is 0.0487. The summed E-state index contributed by atoms with van der Waals surface area (Å²) in [5, 5.41) is 16.3. The van der Waals surface area contributed by atoms with Crippen LogP contribution in [0.3, 0.4) is 0 Å². The van der Waals surface area contributed by atoms with Crippen molar-refractivity contribution in [3.8, 4) is 6.07 Å². The van der Waals surface area contributed by atoms with Crippen LogP contribution in [0.2, 0.25) is 5.02 Å². The molecule has 5 N–H and O–H groups in total. The van der Waals surface area contributed by atoms with Gasteiger partial charge in [0.2, 0.25) is 5.96 Å². The van der Waals surface area contributed by atoms with E-state index in [1.165, 1.54) is 6.07 Å². The van der Waals surface area contributed by atoms with Crippen molar-refractivity contribution in [1.82, 2.24) is 10.6 Å². The Balaban J connectivity index is 2.39. The summed E-state index contributed by atoms with van der Waals surface area (Å²) in [5.41, 5.74) is 3.88. The van der Waals surface area contributed by atoms with Crippen molar-refractivity contribution in [3.05, 3.63) is 64.4 Å². The highest BCUT2D eigenvalue weighted by Gasteiger charge is 2.38. The summed E-state index contributed by atoms with van der Waals surface area (Å²) in [5.74, 6) is -2.34. The molecule has 37 heavy (non-hydrogen) atoms. The molecule has 0 fully saturated rings. The van der Waals surface area contributed by atoms with Crippen LogP contribution in [0.15, 0.2) is 47.5 Å². The van der Waals surface area contributed by atoms with E-state index in [1.807, 2.05) is 0 Å². The highest BCUT2D eigenvalue weighted by molar-refractivity contribution is 6.31. The van der Waals surface area contributed by atoms with Crippen LogP contribution in [0.25, 0.3) is 0 Å². The summed E-state index contributed by atoms with van der Waals surface area (Å²) in [7, 11) is 0. The second kappa shape index (κ2) is 12.7. The average molecular weight is 553 g/mol. The molecule has 1 amide bonds. The zero-order valence-corrected chi connectivity index (χ0v) is 19.5. The van der Waals surface area contributed by atoms with Gasteiger partial charge >= 0.3 is 12.4 Å². The van der Waals surface area contributed by atoms with E-state index in [0.717, 1.165) is 24.3 Å². The predicted molar refractivity (Wildman–Crippen MR) is 122 cm³/mol. The fraction of sp³-hybridized carbons (Fsp3) is 0.318. The summed E-state index contributed by atoms with van der Waals surface area (Å²) >= 11 is 5.81. The Bertz CT molecular complexity index is 1130. The Kier molecular flexibility index (Phi) is 10.2. The number of carbonyl (C=O) groups is 1. The number of hydrogen-bond acceptors (Lipinski definition) is 4. The lowest BCUT2D eigenvalue weighted by Gasteiger charge is -2.26. The van der Waals surface area contributed by atoms with E-state index >= 15 is 0 Å². The van der Waals surface area contributed by atoms with Crippen LogP contribution in [0.1, 0.15) is 28.8 Å². The normalized spacial score (nSPS) is 14.0. The van der Waals surface area contributed by atoms with Crippen molar-refractivity contribution >= 4 is 29.2 Å². The Hall–Kier alpha value is -3.41. The Labute approximate surface area is 211 Å². The molecule has 0 heterocycles. The average Bonchev–Trinajstić information content (AvgIpc) is 2.77. The van der Waals surface area contributed by atoms with Gasteiger partial charge in [-0.25, -0.2) is 4.39 Å². The number of rotatable bonds is 8. The second-order valence-electron chi connectivity index (χ2n) is 7.57. The maximum Gasteiger partial charge on any atom is 0.416 e. The SMILES string of the molecule is N#CCCNC(CC(N)C(F)(F)F)N/C(=N\C(=O)c1ccc(C(F)(F)F)cc1)Nc1cc(F)cc(Cl)c1. The zero-order chi connectivity index (χ0) is 27.8. The number of nitrogens with zero attached hydrogens (tertiary/aromatic N) is 2. The third-order valence-corrected chi connectivity index (χ3v) is 4.86. The van der Waals surface area contributed by atoms with Gasteiger partial charge in [-0.3, -0.25) is 10.1 Å². The molecule has 2 atom stereocenters. The third kappa shape index (κ3) is 9.87. The number of guanidine groups is 1. The molecular weight excluding hydrogens is 533 g/mol.